The molecule has 31 heavy (non-hydrogen) atoms. The minimum Gasteiger partial charge on any atom is -0.507 e. The first kappa shape index (κ1) is 22.2. The van der Waals surface area contributed by atoms with Gasteiger partial charge in [0.05, 0.1) is 32.3 Å². The van der Waals surface area contributed by atoms with Crippen LogP contribution in [0.3, 0.4) is 0 Å². The number of hydrogen-bond acceptors (Lipinski definition) is 6. The first-order valence-corrected chi connectivity index (χ1v) is 9.64. The zero-order chi connectivity index (χ0) is 22.7. The van der Waals surface area contributed by atoms with Crippen LogP contribution in [-0.4, -0.2) is 53.5 Å². The van der Waals surface area contributed by atoms with Crippen LogP contribution >= 0.6 is 11.6 Å². The van der Waals surface area contributed by atoms with E-state index < -0.39 is 23.7 Å². The van der Waals surface area contributed by atoms with Gasteiger partial charge in [0, 0.05) is 17.1 Å². The molecule has 2 aromatic rings. The number of Topliss-reactive ketones (excluding diaryl/α,β-unsaturated/α-hetero) is 1. The molecule has 2 aromatic carbocycles. The van der Waals surface area contributed by atoms with Crippen molar-refractivity contribution < 1.29 is 34.1 Å². The summed E-state index contributed by atoms with van der Waals surface area (Å²) in [6.45, 7) is -0.212. The number of aliphatic carboxylic acids is 1. The first-order chi connectivity index (χ1) is 14.8. The maximum absolute atomic E-state index is 12.9. The maximum atomic E-state index is 12.9. The van der Waals surface area contributed by atoms with Crippen molar-refractivity contribution in [3.05, 3.63) is 64.2 Å². The van der Waals surface area contributed by atoms with Gasteiger partial charge in [-0.25, -0.2) is 0 Å². The van der Waals surface area contributed by atoms with Crippen LogP contribution in [-0.2, 0) is 14.4 Å². The number of aliphatic hydroxyl groups excluding tert-OH is 1. The third kappa shape index (κ3) is 4.34. The van der Waals surface area contributed by atoms with Crippen LogP contribution in [0.1, 0.15) is 23.6 Å². The smallest absolute Gasteiger partial charge is 0.305 e. The lowest BCUT2D eigenvalue weighted by molar-refractivity contribution is -0.142. The van der Waals surface area contributed by atoms with Gasteiger partial charge in [-0.3, -0.25) is 14.4 Å². The van der Waals surface area contributed by atoms with E-state index in [4.69, 9.17) is 26.2 Å². The van der Waals surface area contributed by atoms with Crippen molar-refractivity contribution in [2.75, 3.05) is 20.8 Å². The van der Waals surface area contributed by atoms with E-state index in [0.717, 1.165) is 4.90 Å². The molecule has 1 aliphatic rings. The van der Waals surface area contributed by atoms with Crippen LogP contribution in [0.15, 0.2) is 48.0 Å². The summed E-state index contributed by atoms with van der Waals surface area (Å²) in [6.07, 6.45) is -0.363. The van der Waals surface area contributed by atoms with E-state index in [2.05, 4.69) is 0 Å². The Morgan fingerprint density at radius 1 is 1.03 bits per heavy atom. The van der Waals surface area contributed by atoms with Crippen molar-refractivity contribution in [3.63, 3.8) is 0 Å². The Kier molecular flexibility index (Phi) is 6.50. The highest BCUT2D eigenvalue weighted by Gasteiger charge is 2.46. The lowest BCUT2D eigenvalue weighted by Gasteiger charge is -2.25. The molecule has 1 heterocycles. The number of aliphatic hydroxyl groups is 1. The SMILES string of the molecule is COc1ccc(C2C(=C(O)c3ccc(Cl)cc3)C(=O)C(=O)N2CCC(=O)O)cc1OC. The summed E-state index contributed by atoms with van der Waals surface area (Å²) in [5.41, 5.74) is 0.605. The summed E-state index contributed by atoms with van der Waals surface area (Å²) in [7, 11) is 2.91. The van der Waals surface area contributed by atoms with E-state index in [1.807, 2.05) is 0 Å². The molecule has 1 amide bonds. The third-order valence-electron chi connectivity index (χ3n) is 4.95. The molecule has 1 unspecified atom stereocenters. The monoisotopic (exact) mass is 445 g/mol. The number of likely N-dealkylation sites (tertiary alicyclic amines) is 1. The number of methoxy groups -OCH3 is 2. The van der Waals surface area contributed by atoms with Crippen LogP contribution in [0.2, 0.25) is 5.02 Å². The van der Waals surface area contributed by atoms with Crippen molar-refractivity contribution in [3.8, 4) is 11.5 Å². The molecular weight excluding hydrogens is 426 g/mol. The second-order valence-corrected chi connectivity index (χ2v) is 7.19. The number of carbonyl (C=O) groups excluding carboxylic acids is 2. The van der Waals surface area contributed by atoms with Crippen LogP contribution < -0.4 is 9.47 Å². The summed E-state index contributed by atoms with van der Waals surface area (Å²) in [6, 6.07) is 9.94. The number of halogens is 1. The van der Waals surface area contributed by atoms with E-state index in [1.54, 1.807) is 30.3 Å². The molecule has 0 aliphatic carbocycles. The molecule has 162 valence electrons. The number of nitrogens with zero attached hydrogens (tertiary/aromatic N) is 1. The van der Waals surface area contributed by atoms with Crippen LogP contribution in [0.5, 0.6) is 11.5 Å². The highest BCUT2D eigenvalue weighted by molar-refractivity contribution is 6.46. The summed E-state index contributed by atoms with van der Waals surface area (Å²) >= 11 is 5.90. The number of rotatable bonds is 7. The van der Waals surface area contributed by atoms with Gasteiger partial charge >= 0.3 is 5.97 Å². The average molecular weight is 446 g/mol. The van der Waals surface area contributed by atoms with Gasteiger partial charge in [0.15, 0.2) is 11.5 Å². The van der Waals surface area contributed by atoms with E-state index >= 15 is 0 Å². The Morgan fingerprint density at radius 3 is 2.26 bits per heavy atom. The molecular formula is C22H20ClNO7. The van der Waals surface area contributed by atoms with Crippen molar-refractivity contribution in [2.24, 2.45) is 0 Å². The minimum absolute atomic E-state index is 0.148. The van der Waals surface area contributed by atoms with Crippen molar-refractivity contribution >= 4 is 35.0 Å². The van der Waals surface area contributed by atoms with Crippen LogP contribution in [0.25, 0.3) is 5.76 Å². The van der Waals surface area contributed by atoms with Gasteiger partial charge in [0.1, 0.15) is 5.76 Å². The number of carboxylic acids is 1. The Balaban J connectivity index is 2.19. The molecule has 0 saturated carbocycles. The summed E-state index contributed by atoms with van der Waals surface area (Å²) in [5.74, 6) is -2.51. The largest absolute Gasteiger partial charge is 0.507 e. The predicted octanol–water partition coefficient (Wildman–Crippen LogP) is 3.25. The molecule has 2 N–H and O–H groups in total. The average Bonchev–Trinajstić information content (AvgIpc) is 3.01. The molecule has 0 aromatic heterocycles. The van der Waals surface area contributed by atoms with Gasteiger partial charge in [-0.1, -0.05) is 17.7 Å². The lowest BCUT2D eigenvalue weighted by atomic mass is 9.95. The van der Waals surface area contributed by atoms with E-state index in [9.17, 15) is 19.5 Å². The molecule has 0 radical (unpaired) electrons. The molecule has 1 fully saturated rings. The van der Waals surface area contributed by atoms with Crippen molar-refractivity contribution in [1.82, 2.24) is 4.90 Å². The number of amides is 1. The normalized spacial score (nSPS) is 17.6. The van der Waals surface area contributed by atoms with Gasteiger partial charge in [0.25, 0.3) is 11.7 Å². The van der Waals surface area contributed by atoms with Crippen molar-refractivity contribution in [2.45, 2.75) is 12.5 Å². The zero-order valence-electron chi connectivity index (χ0n) is 16.8. The fourth-order valence-electron chi connectivity index (χ4n) is 3.46. The van der Waals surface area contributed by atoms with Gasteiger partial charge in [-0.05, 0) is 42.0 Å². The molecule has 1 saturated heterocycles. The number of benzene rings is 2. The molecule has 3 rings (SSSR count). The van der Waals surface area contributed by atoms with Gasteiger partial charge in [-0.2, -0.15) is 0 Å². The van der Waals surface area contributed by atoms with Crippen LogP contribution in [0.4, 0.5) is 0 Å². The van der Waals surface area contributed by atoms with Gasteiger partial charge < -0.3 is 24.6 Å². The summed E-state index contributed by atoms with van der Waals surface area (Å²) in [4.78, 5) is 37.9. The van der Waals surface area contributed by atoms with Gasteiger partial charge in [-0.15, -0.1) is 0 Å². The Morgan fingerprint density at radius 2 is 1.68 bits per heavy atom. The summed E-state index contributed by atoms with van der Waals surface area (Å²) < 4.78 is 10.5. The second kappa shape index (κ2) is 9.09. The Labute approximate surface area is 183 Å². The Hall–Kier alpha value is -3.52. The maximum Gasteiger partial charge on any atom is 0.305 e. The quantitative estimate of drug-likeness (QED) is 0.382. The third-order valence-corrected chi connectivity index (χ3v) is 5.20. The van der Waals surface area contributed by atoms with E-state index in [0.29, 0.717) is 27.6 Å². The summed E-state index contributed by atoms with van der Waals surface area (Å²) in [5, 5.41) is 20.4. The molecule has 0 spiro atoms. The minimum atomic E-state index is -1.12. The number of ketones is 1. The topological polar surface area (TPSA) is 113 Å². The molecule has 8 nitrogen and oxygen atoms in total. The highest BCUT2D eigenvalue weighted by Crippen LogP contribution is 2.42. The fraction of sp³-hybridized carbons (Fsp3) is 0.227. The Bertz CT molecular complexity index is 1060. The second-order valence-electron chi connectivity index (χ2n) is 6.76. The fourth-order valence-corrected chi connectivity index (χ4v) is 3.59. The van der Waals surface area contributed by atoms with E-state index in [-0.39, 0.29) is 24.3 Å². The van der Waals surface area contributed by atoms with E-state index in [1.165, 1.54) is 26.4 Å². The highest BCUT2D eigenvalue weighted by atomic mass is 35.5. The molecule has 1 aliphatic heterocycles. The number of ether oxygens (including phenoxy) is 2. The molecule has 9 heteroatoms. The van der Waals surface area contributed by atoms with Gasteiger partial charge in [0.2, 0.25) is 0 Å². The first-order valence-electron chi connectivity index (χ1n) is 9.26. The molecule has 1 atom stereocenters. The number of carbonyl (C=O) groups is 3. The lowest BCUT2D eigenvalue weighted by Crippen LogP contribution is -2.31. The molecule has 0 bridgehead atoms. The van der Waals surface area contributed by atoms with Crippen molar-refractivity contribution in [1.29, 1.82) is 0 Å². The number of carboxylic acid groups (broad SMARTS) is 1. The standard InChI is InChI=1S/C22H20ClNO7/c1-30-15-8-5-13(11-16(15)31-2)19-18(20(27)12-3-6-14(23)7-4-12)21(28)22(29)24(19)10-9-17(25)26/h3-8,11,19,27H,9-10H2,1-2H3,(H,25,26). The zero-order valence-corrected chi connectivity index (χ0v) is 17.5. The predicted molar refractivity (Wildman–Crippen MR) is 112 cm³/mol. The van der Waals surface area contributed by atoms with Crippen LogP contribution in [0, 0.1) is 0 Å². The number of hydrogen-bond donors (Lipinski definition) is 2.